The summed E-state index contributed by atoms with van der Waals surface area (Å²) in [6, 6.07) is 4.32. The molecule has 0 radical (unpaired) electrons. The van der Waals surface area contributed by atoms with Gasteiger partial charge in [0, 0.05) is 17.6 Å². The lowest BCUT2D eigenvalue weighted by molar-refractivity contribution is -0.115. The number of alkyl halides is 1. The van der Waals surface area contributed by atoms with Gasteiger partial charge in [-0.25, -0.2) is 27.9 Å². The van der Waals surface area contributed by atoms with Gasteiger partial charge in [-0.2, -0.15) is 0 Å². The van der Waals surface area contributed by atoms with Crippen LogP contribution in [0.2, 0.25) is 5.02 Å². The Morgan fingerprint density at radius 1 is 1.19 bits per heavy atom. The van der Waals surface area contributed by atoms with Crippen LogP contribution in [-0.2, 0) is 14.8 Å². The average molecular weight is 432 g/mol. The molecule has 0 saturated heterocycles. The summed E-state index contributed by atoms with van der Waals surface area (Å²) < 4.78 is 26.7. The predicted molar refractivity (Wildman–Crippen MR) is 102 cm³/mol. The molecule has 0 bridgehead atoms. The van der Waals surface area contributed by atoms with E-state index in [2.05, 4.69) is 20.6 Å². The number of carbonyl (C=O) groups is 2. The molecule has 9 nitrogen and oxygen atoms in total. The normalized spacial score (nSPS) is 12.1. The third-order valence-corrected chi connectivity index (χ3v) is 5.11. The highest BCUT2D eigenvalue weighted by molar-refractivity contribution is 7.90. The lowest BCUT2D eigenvalue weighted by Gasteiger charge is -2.12. The molecule has 144 valence electrons. The SMILES string of the molecule is Cc1ccnc(NC(=O)NS(=O)(=O)c2cc(NC(=O)C(C)Cl)ccc2Cl)n1. The highest BCUT2D eigenvalue weighted by atomic mass is 35.5. The van der Waals surface area contributed by atoms with Gasteiger partial charge in [0.15, 0.2) is 0 Å². The number of rotatable bonds is 5. The van der Waals surface area contributed by atoms with Crippen LogP contribution in [0.15, 0.2) is 35.4 Å². The van der Waals surface area contributed by atoms with E-state index in [0.29, 0.717) is 5.69 Å². The van der Waals surface area contributed by atoms with E-state index in [1.807, 2.05) is 0 Å². The van der Waals surface area contributed by atoms with Crippen molar-refractivity contribution in [3.8, 4) is 0 Å². The maximum Gasteiger partial charge on any atom is 0.335 e. The molecular formula is C15H15Cl2N5O4S. The fraction of sp³-hybridized carbons (Fsp3) is 0.200. The Morgan fingerprint density at radius 2 is 1.89 bits per heavy atom. The molecule has 27 heavy (non-hydrogen) atoms. The summed E-state index contributed by atoms with van der Waals surface area (Å²) in [7, 11) is -4.33. The van der Waals surface area contributed by atoms with Crippen molar-refractivity contribution in [2.24, 2.45) is 0 Å². The van der Waals surface area contributed by atoms with Crippen LogP contribution in [0.4, 0.5) is 16.4 Å². The number of anilines is 2. The minimum Gasteiger partial charge on any atom is -0.325 e. The number of amides is 3. The van der Waals surface area contributed by atoms with E-state index in [9.17, 15) is 18.0 Å². The van der Waals surface area contributed by atoms with Crippen molar-refractivity contribution in [3.05, 3.63) is 41.2 Å². The van der Waals surface area contributed by atoms with Crippen molar-refractivity contribution in [3.63, 3.8) is 0 Å². The second-order valence-corrected chi connectivity index (χ2v) is 8.04. The molecule has 3 N–H and O–H groups in total. The van der Waals surface area contributed by atoms with Gasteiger partial charge in [0.25, 0.3) is 10.0 Å². The fourth-order valence-corrected chi connectivity index (χ4v) is 3.33. The summed E-state index contributed by atoms with van der Waals surface area (Å²) in [5, 5.41) is 3.69. The molecule has 0 aliphatic rings. The molecule has 0 aliphatic carbocycles. The number of sulfonamides is 1. The number of nitrogens with zero attached hydrogens (tertiary/aromatic N) is 2. The van der Waals surface area contributed by atoms with Crippen LogP contribution in [0.3, 0.4) is 0 Å². The van der Waals surface area contributed by atoms with Crippen LogP contribution < -0.4 is 15.4 Å². The molecule has 1 atom stereocenters. The van der Waals surface area contributed by atoms with E-state index in [0.717, 1.165) is 6.07 Å². The average Bonchev–Trinajstić information content (AvgIpc) is 2.55. The van der Waals surface area contributed by atoms with Crippen LogP contribution in [0.25, 0.3) is 0 Å². The first kappa shape index (κ1) is 20.9. The van der Waals surface area contributed by atoms with E-state index in [1.54, 1.807) is 17.7 Å². The van der Waals surface area contributed by atoms with Crippen LogP contribution in [0.1, 0.15) is 12.6 Å². The Hall–Kier alpha value is -2.43. The molecule has 0 spiro atoms. The third kappa shape index (κ3) is 5.78. The number of nitrogens with one attached hydrogen (secondary N) is 3. The van der Waals surface area contributed by atoms with Crippen LogP contribution in [0.5, 0.6) is 0 Å². The molecule has 2 rings (SSSR count). The summed E-state index contributed by atoms with van der Waals surface area (Å²) in [5.41, 5.74) is 0.739. The van der Waals surface area contributed by atoms with Crippen molar-refractivity contribution < 1.29 is 18.0 Å². The molecule has 1 aromatic heterocycles. The molecule has 0 aliphatic heterocycles. The number of aryl methyl sites for hydroxylation is 1. The van der Waals surface area contributed by atoms with Crippen molar-refractivity contribution in [1.29, 1.82) is 0 Å². The maximum absolute atomic E-state index is 12.5. The number of carbonyl (C=O) groups excluding carboxylic acids is 2. The van der Waals surface area contributed by atoms with E-state index in [-0.39, 0.29) is 16.7 Å². The Balaban J connectivity index is 2.20. The predicted octanol–water partition coefficient (Wildman–Crippen LogP) is 2.51. The Kier molecular flexibility index (Phi) is 6.58. The van der Waals surface area contributed by atoms with Gasteiger partial charge < -0.3 is 5.32 Å². The lowest BCUT2D eigenvalue weighted by atomic mass is 10.3. The molecule has 1 unspecified atom stereocenters. The standard InChI is InChI=1S/C15H15Cl2N5O4S/c1-8-5-6-18-14(19-8)21-15(24)22-27(25,26)12-7-10(3-4-11(12)17)20-13(23)9(2)16/h3-7,9H,1-2H3,(H,20,23)(H2,18,19,21,22,24). The number of hydrogen-bond acceptors (Lipinski definition) is 6. The fourth-order valence-electron chi connectivity index (χ4n) is 1.84. The van der Waals surface area contributed by atoms with Gasteiger partial charge in [-0.05, 0) is 38.1 Å². The number of aromatic nitrogens is 2. The van der Waals surface area contributed by atoms with Crippen LogP contribution in [-0.4, -0.2) is 35.7 Å². The molecule has 1 heterocycles. The Labute approximate surface area is 165 Å². The maximum atomic E-state index is 12.5. The first-order valence-electron chi connectivity index (χ1n) is 7.46. The van der Waals surface area contributed by atoms with Crippen molar-refractivity contribution >= 4 is 56.8 Å². The van der Waals surface area contributed by atoms with Crippen molar-refractivity contribution in [2.45, 2.75) is 24.1 Å². The smallest absolute Gasteiger partial charge is 0.325 e. The third-order valence-electron chi connectivity index (χ3n) is 3.10. The van der Waals surface area contributed by atoms with E-state index < -0.39 is 32.2 Å². The highest BCUT2D eigenvalue weighted by Gasteiger charge is 2.22. The molecular weight excluding hydrogens is 417 g/mol. The zero-order valence-corrected chi connectivity index (χ0v) is 16.5. The van der Waals surface area contributed by atoms with Gasteiger partial charge in [0.2, 0.25) is 11.9 Å². The monoisotopic (exact) mass is 431 g/mol. The minimum absolute atomic E-state index is 0.0640. The summed E-state index contributed by atoms with van der Waals surface area (Å²) >= 11 is 11.6. The van der Waals surface area contributed by atoms with Crippen molar-refractivity contribution in [2.75, 3.05) is 10.6 Å². The van der Waals surface area contributed by atoms with E-state index in [4.69, 9.17) is 23.2 Å². The number of halogens is 2. The highest BCUT2D eigenvalue weighted by Crippen LogP contribution is 2.25. The van der Waals surface area contributed by atoms with Gasteiger partial charge in [-0.3, -0.25) is 10.1 Å². The Morgan fingerprint density at radius 3 is 2.52 bits per heavy atom. The van der Waals surface area contributed by atoms with Crippen LogP contribution in [0, 0.1) is 6.92 Å². The number of urea groups is 1. The molecule has 3 amide bonds. The first-order valence-corrected chi connectivity index (χ1v) is 9.76. The minimum atomic E-state index is -4.33. The van der Waals surface area contributed by atoms with E-state index in [1.165, 1.54) is 25.3 Å². The summed E-state index contributed by atoms with van der Waals surface area (Å²) in [6.07, 6.45) is 1.41. The number of benzene rings is 1. The summed E-state index contributed by atoms with van der Waals surface area (Å²) in [4.78, 5) is 30.9. The first-order chi connectivity index (χ1) is 12.6. The topological polar surface area (TPSA) is 130 Å². The molecule has 2 aromatic rings. The van der Waals surface area contributed by atoms with Gasteiger partial charge in [0.1, 0.15) is 10.3 Å². The van der Waals surface area contributed by atoms with Gasteiger partial charge in [0.05, 0.1) is 5.02 Å². The zero-order chi connectivity index (χ0) is 20.2. The van der Waals surface area contributed by atoms with Gasteiger partial charge >= 0.3 is 6.03 Å². The molecule has 1 aromatic carbocycles. The second kappa shape index (κ2) is 8.51. The molecule has 0 fully saturated rings. The molecule has 0 saturated carbocycles. The largest absolute Gasteiger partial charge is 0.335 e. The Bertz CT molecular complexity index is 982. The summed E-state index contributed by atoms with van der Waals surface area (Å²) in [6.45, 7) is 3.15. The molecule has 12 heteroatoms. The number of hydrogen-bond donors (Lipinski definition) is 3. The lowest BCUT2D eigenvalue weighted by Crippen LogP contribution is -2.35. The zero-order valence-electron chi connectivity index (χ0n) is 14.2. The van der Waals surface area contributed by atoms with Crippen LogP contribution >= 0.6 is 23.2 Å². The summed E-state index contributed by atoms with van der Waals surface area (Å²) in [5.74, 6) is -0.587. The van der Waals surface area contributed by atoms with Gasteiger partial charge in [-0.1, -0.05) is 11.6 Å². The van der Waals surface area contributed by atoms with Crippen molar-refractivity contribution in [1.82, 2.24) is 14.7 Å². The van der Waals surface area contributed by atoms with Gasteiger partial charge in [-0.15, -0.1) is 11.6 Å². The van der Waals surface area contributed by atoms with E-state index >= 15 is 0 Å². The second-order valence-electron chi connectivity index (χ2n) is 5.33. The quantitative estimate of drug-likeness (QED) is 0.623.